The number of nitrogens with zero attached hydrogens (tertiary/aromatic N) is 2. The van der Waals surface area contributed by atoms with E-state index in [0.717, 1.165) is 34.4 Å². The number of benzene rings is 6. The first-order valence-corrected chi connectivity index (χ1v) is 26.5. The molecule has 0 saturated carbocycles. The predicted molar refractivity (Wildman–Crippen MR) is 229 cm³/mol. The Morgan fingerprint density at radius 3 is 1.39 bits per heavy atom. The van der Waals surface area contributed by atoms with Crippen LogP contribution < -0.4 is 25.1 Å². The molecular weight excluding hydrogens is 767 g/mol. The summed E-state index contributed by atoms with van der Waals surface area (Å²) in [6, 6.07) is 40.7. The third-order valence-corrected chi connectivity index (χ3v) is 24.9. The second-order valence-electron chi connectivity index (χ2n) is 18.8. The van der Waals surface area contributed by atoms with Crippen LogP contribution in [-0.4, -0.2) is 22.9 Å². The first kappa shape index (κ1) is 33.9. The molecule has 10 rings (SSSR count). The Balaban J connectivity index is 1.31. The van der Waals surface area contributed by atoms with E-state index in [4.69, 9.17) is 9.47 Å². The fourth-order valence-corrected chi connectivity index (χ4v) is 22.9. The summed E-state index contributed by atoms with van der Waals surface area (Å²) in [6.45, 7) is 20.7. The van der Waals surface area contributed by atoms with Gasteiger partial charge in [-0.05, 0) is 0 Å². The van der Waals surface area contributed by atoms with E-state index in [9.17, 15) is 0 Å². The van der Waals surface area contributed by atoms with Crippen molar-refractivity contribution in [1.29, 1.82) is 0 Å². The Bertz CT molecular complexity index is 2580. The van der Waals surface area contributed by atoms with Gasteiger partial charge in [-0.15, -0.1) is 0 Å². The Labute approximate surface area is 323 Å². The second-order valence-corrected chi connectivity index (χ2v) is 29.5. The van der Waals surface area contributed by atoms with E-state index < -0.39 is 18.4 Å². The Hall–Kier alpha value is -4.68. The summed E-state index contributed by atoms with van der Waals surface area (Å²) in [6.07, 6.45) is 0. The summed E-state index contributed by atoms with van der Waals surface area (Å²) >= 11 is -3.89. The molecule has 0 fully saturated rings. The summed E-state index contributed by atoms with van der Waals surface area (Å²) < 4.78 is 21.3. The quantitative estimate of drug-likeness (QED) is 0.163. The molecule has 4 heterocycles. The second kappa shape index (κ2) is 11.0. The molecule has 4 nitrogen and oxygen atoms in total. The molecule has 0 bridgehead atoms. The number of para-hydroxylation sites is 2. The monoisotopic (exact) mass is 816 g/mol. The summed E-state index contributed by atoms with van der Waals surface area (Å²) in [4.78, 5) is 5.13. The molecule has 7 aromatic rings. The van der Waals surface area contributed by atoms with E-state index in [1.165, 1.54) is 60.6 Å². The molecule has 0 unspecified atom stereocenters. The van der Waals surface area contributed by atoms with Crippen molar-refractivity contribution in [3.05, 3.63) is 126 Å². The zero-order valence-electron chi connectivity index (χ0n) is 33.1. The van der Waals surface area contributed by atoms with Gasteiger partial charge < -0.3 is 0 Å². The molecule has 5 heteroatoms. The molecule has 3 aliphatic heterocycles. The van der Waals surface area contributed by atoms with Crippen LogP contribution in [0.2, 0.25) is 4.94 Å². The first-order chi connectivity index (χ1) is 25.6. The molecule has 3 aliphatic rings. The van der Waals surface area contributed by atoms with Gasteiger partial charge >= 0.3 is 325 Å². The van der Waals surface area contributed by atoms with Gasteiger partial charge in [-0.2, -0.15) is 0 Å². The third-order valence-electron chi connectivity index (χ3n) is 12.2. The van der Waals surface area contributed by atoms with Crippen molar-refractivity contribution in [1.82, 2.24) is 4.57 Å². The van der Waals surface area contributed by atoms with Crippen LogP contribution in [0.15, 0.2) is 109 Å². The van der Waals surface area contributed by atoms with Crippen LogP contribution in [0, 0.1) is 0 Å². The van der Waals surface area contributed by atoms with Crippen molar-refractivity contribution >= 4 is 68.0 Å². The average molecular weight is 816 g/mol. The Morgan fingerprint density at radius 1 is 0.481 bits per heavy atom. The third kappa shape index (κ3) is 4.55. The fraction of sp³-hybridized carbons (Fsp3) is 0.265. The van der Waals surface area contributed by atoms with Gasteiger partial charge in [-0.1, -0.05) is 0 Å². The molecule has 1 aromatic heterocycles. The molecule has 0 N–H and O–H groups in total. The van der Waals surface area contributed by atoms with Gasteiger partial charge in [0, 0.05) is 0 Å². The van der Waals surface area contributed by atoms with Crippen molar-refractivity contribution < 1.29 is 9.47 Å². The molecule has 270 valence electrons. The zero-order chi connectivity index (χ0) is 37.7. The van der Waals surface area contributed by atoms with Crippen LogP contribution in [0.25, 0.3) is 27.5 Å². The molecule has 0 atom stereocenters. The molecule has 0 saturated heterocycles. The van der Waals surface area contributed by atoms with E-state index in [2.05, 4.69) is 186 Å². The van der Waals surface area contributed by atoms with Crippen molar-refractivity contribution in [3.63, 3.8) is 0 Å². The normalized spacial score (nSPS) is 15.3. The predicted octanol–water partition coefficient (Wildman–Crippen LogP) is 11.8. The Kier molecular flexibility index (Phi) is 6.88. The average Bonchev–Trinajstić information content (AvgIpc) is 3.44. The van der Waals surface area contributed by atoms with Crippen molar-refractivity contribution in [2.24, 2.45) is 0 Å². The van der Waals surface area contributed by atoms with Gasteiger partial charge in [-0.25, -0.2) is 0 Å². The van der Waals surface area contributed by atoms with Crippen LogP contribution >= 0.6 is 0 Å². The zero-order valence-corrected chi connectivity index (χ0v) is 36.0. The van der Waals surface area contributed by atoms with Crippen molar-refractivity contribution in [2.45, 2.75) is 83.5 Å². The minimum atomic E-state index is -3.89. The first-order valence-electron chi connectivity index (χ1n) is 19.4. The van der Waals surface area contributed by atoms with Crippen LogP contribution in [0.4, 0.5) is 17.1 Å². The standard InChI is InChI=1S/C48H45N2O2.CH3.Sn/c1-46(2,3)31-18-20-32(21-19-31)49-33-22-24-40(47(4,5)6)44(28-33)51-36-26-35(50-42-16-12-10-14-38(42)39-15-11-13-17-43(39)50)27-37(30-36)52-45-29-34(49)23-25-41(45)48(7,8)9;;/h10-27H,1-9H3;1H3;. The van der Waals surface area contributed by atoms with Gasteiger partial charge in [0.25, 0.3) is 0 Å². The number of aromatic nitrogens is 1. The number of ether oxygens (including phenoxy) is 2. The van der Waals surface area contributed by atoms with Gasteiger partial charge in [0.1, 0.15) is 0 Å². The van der Waals surface area contributed by atoms with Gasteiger partial charge in [0.05, 0.1) is 0 Å². The van der Waals surface area contributed by atoms with Crippen LogP contribution in [0.5, 0.6) is 23.0 Å². The van der Waals surface area contributed by atoms with E-state index in [0.29, 0.717) is 0 Å². The van der Waals surface area contributed by atoms with Gasteiger partial charge in [0.15, 0.2) is 0 Å². The van der Waals surface area contributed by atoms with Crippen LogP contribution in [0.1, 0.15) is 79.0 Å². The number of hydrogen-bond acceptors (Lipinski definition) is 3. The van der Waals surface area contributed by atoms with Crippen molar-refractivity contribution in [3.8, 4) is 28.7 Å². The molecule has 54 heavy (non-hydrogen) atoms. The van der Waals surface area contributed by atoms with E-state index >= 15 is 0 Å². The molecule has 0 amide bonds. The summed E-state index contributed by atoms with van der Waals surface area (Å²) in [5.41, 5.74) is 10.7. The SMILES string of the molecule is CC(C)(C)c1ccc(N2c3ccc(C(C)(C)C)c4[c]3[Sn]3([CH3])[c]5c(cc(-n6c7ccccc7c7ccccc76)cc5Oc5c(C(C)(C)C)ccc2[c]53)O4)cc1. The van der Waals surface area contributed by atoms with E-state index in [-0.39, 0.29) is 16.2 Å². The Morgan fingerprint density at radius 2 is 0.944 bits per heavy atom. The topological polar surface area (TPSA) is 26.6 Å². The maximum atomic E-state index is 7.41. The summed E-state index contributed by atoms with van der Waals surface area (Å²) in [7, 11) is 0. The summed E-state index contributed by atoms with van der Waals surface area (Å²) in [5, 5.41) is 2.48. The maximum absolute atomic E-state index is 7.41. The van der Waals surface area contributed by atoms with Crippen molar-refractivity contribution in [2.75, 3.05) is 4.90 Å². The molecule has 6 aromatic carbocycles. The molecule has 0 aliphatic carbocycles. The van der Waals surface area contributed by atoms with E-state index in [1.807, 2.05) is 0 Å². The molecule has 0 spiro atoms. The molecular formula is C49H48N2O2Sn. The summed E-state index contributed by atoms with van der Waals surface area (Å²) in [5.74, 6) is 3.98. The van der Waals surface area contributed by atoms with E-state index in [1.54, 1.807) is 0 Å². The van der Waals surface area contributed by atoms with Crippen LogP contribution in [-0.2, 0) is 16.2 Å². The number of hydrogen-bond donors (Lipinski definition) is 0. The number of fused-ring (bicyclic) bond motifs is 3. The van der Waals surface area contributed by atoms with Gasteiger partial charge in [0.2, 0.25) is 0 Å². The van der Waals surface area contributed by atoms with Gasteiger partial charge in [-0.3, -0.25) is 0 Å². The fourth-order valence-electron chi connectivity index (χ4n) is 9.55. The number of anilines is 3. The molecule has 0 radical (unpaired) electrons. The van der Waals surface area contributed by atoms with Crippen LogP contribution in [0.3, 0.4) is 0 Å². The minimum absolute atomic E-state index is 0.0658. The number of rotatable bonds is 2.